The number of rotatable bonds is 9. The Bertz CT molecular complexity index is 1120. The number of hydrogen-bond acceptors (Lipinski definition) is 7. The lowest BCUT2D eigenvalue weighted by atomic mass is 10.2. The summed E-state index contributed by atoms with van der Waals surface area (Å²) in [6.45, 7) is 5.98. The van der Waals surface area contributed by atoms with E-state index in [0.29, 0.717) is 23.5 Å². The quantitative estimate of drug-likeness (QED) is 0.489. The van der Waals surface area contributed by atoms with Crippen molar-refractivity contribution in [2.24, 2.45) is 0 Å². The van der Waals surface area contributed by atoms with E-state index in [-0.39, 0.29) is 16.8 Å². The third-order valence-corrected chi connectivity index (χ3v) is 6.75. The summed E-state index contributed by atoms with van der Waals surface area (Å²) >= 11 is 0. The molecule has 1 amide bonds. The van der Waals surface area contributed by atoms with Gasteiger partial charge in [0.1, 0.15) is 5.75 Å². The lowest BCUT2D eigenvalue weighted by Crippen LogP contribution is -2.13. The highest BCUT2D eigenvalue weighted by molar-refractivity contribution is 7.92. The summed E-state index contributed by atoms with van der Waals surface area (Å²) in [6, 6.07) is 12.9. The fourth-order valence-electron chi connectivity index (χ4n) is 2.66. The lowest BCUT2D eigenvalue weighted by Gasteiger charge is -2.07. The number of hydrogen-bond donors (Lipinski definition) is 1. The molecule has 0 unspecified atom stereocenters. The van der Waals surface area contributed by atoms with Crippen molar-refractivity contribution in [2.45, 2.75) is 43.8 Å². The maximum atomic E-state index is 12.4. The van der Waals surface area contributed by atoms with Gasteiger partial charge in [0, 0.05) is 11.1 Å². The molecule has 0 aliphatic carbocycles. The Hall–Kier alpha value is -3.20. The number of benzene rings is 2. The van der Waals surface area contributed by atoms with Crippen molar-refractivity contribution in [3.05, 3.63) is 54.1 Å². The van der Waals surface area contributed by atoms with Gasteiger partial charge in [0.2, 0.25) is 5.89 Å². The van der Waals surface area contributed by atoms with Gasteiger partial charge in [0.25, 0.3) is 5.91 Å². The van der Waals surface area contributed by atoms with Crippen LogP contribution in [0.15, 0.2) is 57.8 Å². The highest BCUT2D eigenvalue weighted by Crippen LogP contribution is 2.24. The molecule has 31 heavy (non-hydrogen) atoms. The molecule has 3 rings (SSSR count). The molecule has 0 bridgehead atoms. The van der Waals surface area contributed by atoms with Crippen molar-refractivity contribution < 1.29 is 22.4 Å². The van der Waals surface area contributed by atoms with E-state index in [9.17, 15) is 13.2 Å². The highest BCUT2D eigenvalue weighted by atomic mass is 32.2. The van der Waals surface area contributed by atoms with Crippen LogP contribution in [-0.4, -0.2) is 36.4 Å². The predicted octanol–water partition coefficient (Wildman–Crippen LogP) is 4.35. The second-order valence-corrected chi connectivity index (χ2v) is 9.72. The number of aromatic nitrogens is 2. The molecule has 1 aromatic heterocycles. The fourth-order valence-corrected chi connectivity index (χ4v) is 3.72. The van der Waals surface area contributed by atoms with Crippen LogP contribution in [0.1, 0.15) is 44.0 Å². The molecule has 9 heteroatoms. The minimum Gasteiger partial charge on any atom is -0.494 e. The Balaban J connectivity index is 1.65. The lowest BCUT2D eigenvalue weighted by molar-refractivity contribution is 0.102. The smallest absolute Gasteiger partial charge is 0.322 e. The van der Waals surface area contributed by atoms with E-state index in [1.165, 1.54) is 12.1 Å². The van der Waals surface area contributed by atoms with Gasteiger partial charge < -0.3 is 9.15 Å². The van der Waals surface area contributed by atoms with Gasteiger partial charge in [-0.1, -0.05) is 18.4 Å². The fraction of sp³-hybridized carbons (Fsp3) is 0.318. The zero-order valence-corrected chi connectivity index (χ0v) is 18.5. The molecule has 2 aromatic carbocycles. The molecular formula is C22H25N3O5S. The average Bonchev–Trinajstić information content (AvgIpc) is 3.23. The van der Waals surface area contributed by atoms with Gasteiger partial charge in [0.15, 0.2) is 9.84 Å². The second kappa shape index (κ2) is 9.74. The number of nitrogens with zero attached hydrogens (tertiary/aromatic N) is 2. The van der Waals surface area contributed by atoms with Gasteiger partial charge in [-0.15, -0.1) is 5.10 Å². The molecule has 0 saturated carbocycles. The third kappa shape index (κ3) is 5.49. The first-order valence-corrected chi connectivity index (χ1v) is 11.6. The first-order chi connectivity index (χ1) is 14.8. The summed E-state index contributed by atoms with van der Waals surface area (Å²) in [6.07, 6.45) is 2.02. The van der Waals surface area contributed by atoms with Crippen LogP contribution in [0.3, 0.4) is 0 Å². The number of ether oxygens (including phenoxy) is 1. The highest BCUT2D eigenvalue weighted by Gasteiger charge is 2.19. The molecule has 0 atom stereocenters. The second-order valence-electron chi connectivity index (χ2n) is 7.21. The predicted molar refractivity (Wildman–Crippen MR) is 117 cm³/mol. The van der Waals surface area contributed by atoms with Crippen molar-refractivity contribution >= 4 is 21.8 Å². The summed E-state index contributed by atoms with van der Waals surface area (Å²) in [7, 11) is -3.36. The van der Waals surface area contributed by atoms with Gasteiger partial charge in [-0.25, -0.2) is 8.42 Å². The van der Waals surface area contributed by atoms with Crippen molar-refractivity contribution in [2.75, 3.05) is 11.9 Å². The number of nitrogens with one attached hydrogen (secondary N) is 1. The van der Waals surface area contributed by atoms with Gasteiger partial charge >= 0.3 is 6.01 Å². The summed E-state index contributed by atoms with van der Waals surface area (Å²) < 4.78 is 35.5. The molecule has 1 N–H and O–H groups in total. The first kappa shape index (κ1) is 22.5. The molecule has 164 valence electrons. The maximum Gasteiger partial charge on any atom is 0.322 e. The number of amides is 1. The molecule has 0 saturated heterocycles. The molecular weight excluding hydrogens is 418 g/mol. The Kier molecular flexibility index (Phi) is 7.06. The van der Waals surface area contributed by atoms with Crippen LogP contribution in [0.4, 0.5) is 6.01 Å². The average molecular weight is 444 g/mol. The summed E-state index contributed by atoms with van der Waals surface area (Å²) in [4.78, 5) is 12.6. The normalized spacial score (nSPS) is 11.5. The van der Waals surface area contributed by atoms with E-state index in [0.717, 1.165) is 12.8 Å². The number of sulfone groups is 1. The molecule has 0 radical (unpaired) electrons. The van der Waals surface area contributed by atoms with Crippen LogP contribution in [-0.2, 0) is 9.84 Å². The topological polar surface area (TPSA) is 111 Å². The Labute approximate surface area is 181 Å². The maximum absolute atomic E-state index is 12.4. The van der Waals surface area contributed by atoms with Gasteiger partial charge in [0.05, 0.1) is 16.8 Å². The zero-order chi connectivity index (χ0) is 22.4. The van der Waals surface area contributed by atoms with Crippen molar-refractivity contribution in [1.82, 2.24) is 10.2 Å². The third-order valence-electron chi connectivity index (χ3n) is 4.58. The van der Waals surface area contributed by atoms with Crippen LogP contribution in [0.25, 0.3) is 11.5 Å². The molecule has 0 fully saturated rings. The van der Waals surface area contributed by atoms with Gasteiger partial charge in [-0.3, -0.25) is 10.1 Å². The SMILES string of the molecule is CCCCOc1ccc(C(=O)Nc2nnc(-c3ccc(S(=O)(=O)C(C)C)cc3)o2)cc1. The molecule has 0 aliphatic rings. The molecule has 0 aliphatic heterocycles. The van der Waals surface area contributed by atoms with Gasteiger partial charge in [-0.05, 0) is 68.8 Å². The van der Waals surface area contributed by atoms with Crippen LogP contribution < -0.4 is 10.1 Å². The van der Waals surface area contributed by atoms with E-state index in [1.54, 1.807) is 50.2 Å². The number of anilines is 1. The Morgan fingerprint density at radius 2 is 1.74 bits per heavy atom. The van der Waals surface area contributed by atoms with Crippen molar-refractivity contribution in [3.63, 3.8) is 0 Å². The zero-order valence-electron chi connectivity index (χ0n) is 17.7. The van der Waals surface area contributed by atoms with Crippen LogP contribution >= 0.6 is 0 Å². The molecule has 3 aromatic rings. The number of carbonyl (C=O) groups is 1. The number of unbranched alkanes of at least 4 members (excludes halogenated alkanes) is 1. The van der Waals surface area contributed by atoms with E-state index >= 15 is 0 Å². The summed E-state index contributed by atoms with van der Waals surface area (Å²) in [5, 5.41) is 9.79. The van der Waals surface area contributed by atoms with Crippen LogP contribution in [0.2, 0.25) is 0 Å². The standard InChI is InChI=1S/C22H25N3O5S/c1-4-5-14-29-18-10-6-16(7-11-18)20(26)23-22-25-24-21(30-22)17-8-12-19(13-9-17)31(27,28)15(2)3/h6-13,15H,4-5,14H2,1-3H3,(H,23,25,26). The summed E-state index contributed by atoms with van der Waals surface area (Å²) in [5.74, 6) is 0.477. The summed E-state index contributed by atoms with van der Waals surface area (Å²) in [5.41, 5.74) is 0.968. The van der Waals surface area contributed by atoms with Crippen molar-refractivity contribution in [1.29, 1.82) is 0 Å². The minimum atomic E-state index is -3.36. The van der Waals surface area contributed by atoms with E-state index in [4.69, 9.17) is 9.15 Å². The Morgan fingerprint density at radius 1 is 1.06 bits per heavy atom. The molecule has 0 spiro atoms. The van der Waals surface area contributed by atoms with E-state index < -0.39 is 21.0 Å². The molecule has 8 nitrogen and oxygen atoms in total. The molecule has 1 heterocycles. The Morgan fingerprint density at radius 3 is 2.35 bits per heavy atom. The number of carbonyl (C=O) groups excluding carboxylic acids is 1. The van der Waals surface area contributed by atoms with Gasteiger partial charge in [-0.2, -0.15) is 0 Å². The minimum absolute atomic E-state index is 0.0536. The van der Waals surface area contributed by atoms with E-state index in [2.05, 4.69) is 22.4 Å². The van der Waals surface area contributed by atoms with E-state index in [1.807, 2.05) is 0 Å². The van der Waals surface area contributed by atoms with Crippen molar-refractivity contribution in [3.8, 4) is 17.2 Å². The largest absolute Gasteiger partial charge is 0.494 e. The monoisotopic (exact) mass is 443 g/mol. The first-order valence-electron chi connectivity index (χ1n) is 10.0. The van der Waals surface area contributed by atoms with Crippen LogP contribution in [0.5, 0.6) is 5.75 Å². The van der Waals surface area contributed by atoms with Crippen LogP contribution in [0, 0.1) is 0 Å².